The molecule has 160 valence electrons. The van der Waals surface area contributed by atoms with Gasteiger partial charge in [-0.15, -0.1) is 0 Å². The van der Waals surface area contributed by atoms with Gasteiger partial charge in [0.25, 0.3) is 5.91 Å². The molecule has 1 heterocycles. The van der Waals surface area contributed by atoms with Crippen molar-refractivity contribution < 1.29 is 36.3 Å². The number of nitrogens with one attached hydrogen (secondary N) is 1. The third kappa shape index (κ3) is 5.17. The minimum Gasteiger partial charge on any atom is -0.452 e. The summed E-state index contributed by atoms with van der Waals surface area (Å²) in [5.41, 5.74) is -0.216. The van der Waals surface area contributed by atoms with E-state index in [2.05, 4.69) is 5.32 Å². The zero-order valence-corrected chi connectivity index (χ0v) is 16.5. The van der Waals surface area contributed by atoms with Crippen molar-refractivity contribution in [2.45, 2.75) is 4.90 Å². The molecule has 1 N–H and O–H groups in total. The molecular weight excluding hydrogens is 422 g/mol. The summed E-state index contributed by atoms with van der Waals surface area (Å²) in [7, 11) is -3.66. The summed E-state index contributed by atoms with van der Waals surface area (Å²) in [6, 6.07) is 7.83. The molecule has 11 heteroatoms. The molecule has 2 aromatic rings. The zero-order valence-electron chi connectivity index (χ0n) is 15.6. The molecule has 0 bridgehead atoms. The van der Waals surface area contributed by atoms with E-state index in [0.717, 1.165) is 12.1 Å². The fourth-order valence-corrected chi connectivity index (χ4v) is 4.12. The second-order valence-electron chi connectivity index (χ2n) is 6.29. The number of carbonyl (C=O) groups is 2. The molecular formula is C19H18F2N2O6S. The molecule has 1 aliphatic rings. The van der Waals surface area contributed by atoms with E-state index in [9.17, 15) is 26.8 Å². The molecule has 8 nitrogen and oxygen atoms in total. The molecule has 0 radical (unpaired) electrons. The molecule has 0 saturated carbocycles. The molecule has 30 heavy (non-hydrogen) atoms. The van der Waals surface area contributed by atoms with Crippen LogP contribution in [0.1, 0.15) is 10.4 Å². The molecule has 3 rings (SSSR count). The van der Waals surface area contributed by atoms with Crippen LogP contribution < -0.4 is 5.32 Å². The highest BCUT2D eigenvalue weighted by molar-refractivity contribution is 7.89. The lowest BCUT2D eigenvalue weighted by atomic mass is 10.2. The molecule has 1 aliphatic heterocycles. The number of hydrogen-bond donors (Lipinski definition) is 1. The quantitative estimate of drug-likeness (QED) is 0.687. The van der Waals surface area contributed by atoms with E-state index in [4.69, 9.17) is 9.47 Å². The zero-order chi connectivity index (χ0) is 21.7. The molecule has 0 aliphatic carbocycles. The Morgan fingerprint density at radius 1 is 1.07 bits per heavy atom. The second kappa shape index (κ2) is 9.28. The van der Waals surface area contributed by atoms with Crippen LogP contribution in [0, 0.1) is 11.6 Å². The van der Waals surface area contributed by atoms with Crippen molar-refractivity contribution >= 4 is 27.6 Å². The van der Waals surface area contributed by atoms with Gasteiger partial charge in [-0.3, -0.25) is 4.79 Å². The van der Waals surface area contributed by atoms with Crippen LogP contribution in [0.15, 0.2) is 47.4 Å². The van der Waals surface area contributed by atoms with Crippen molar-refractivity contribution in [1.82, 2.24) is 4.31 Å². The van der Waals surface area contributed by atoms with E-state index in [1.807, 2.05) is 0 Å². The molecule has 1 fully saturated rings. The fraction of sp³-hybridized carbons (Fsp3) is 0.263. The van der Waals surface area contributed by atoms with Crippen molar-refractivity contribution in [2.75, 3.05) is 38.2 Å². The van der Waals surface area contributed by atoms with Gasteiger partial charge >= 0.3 is 5.97 Å². The van der Waals surface area contributed by atoms with Crippen molar-refractivity contribution in [3.63, 3.8) is 0 Å². The van der Waals surface area contributed by atoms with Crippen LogP contribution in [-0.2, 0) is 24.3 Å². The van der Waals surface area contributed by atoms with E-state index in [1.165, 1.54) is 28.6 Å². The Bertz CT molecular complexity index is 1040. The monoisotopic (exact) mass is 440 g/mol. The molecule has 0 aromatic heterocycles. The average Bonchev–Trinajstić information content (AvgIpc) is 2.73. The Morgan fingerprint density at radius 2 is 1.73 bits per heavy atom. The molecule has 1 amide bonds. The summed E-state index contributed by atoms with van der Waals surface area (Å²) in [5.74, 6) is -3.78. The normalized spacial score (nSPS) is 14.9. The Hall–Kier alpha value is -2.89. The van der Waals surface area contributed by atoms with Gasteiger partial charge in [-0.2, -0.15) is 4.31 Å². The Balaban J connectivity index is 1.56. The van der Waals surface area contributed by atoms with E-state index in [0.29, 0.717) is 19.3 Å². The first-order valence-corrected chi connectivity index (χ1v) is 10.3. The maximum Gasteiger partial charge on any atom is 0.341 e. The van der Waals surface area contributed by atoms with E-state index < -0.39 is 45.7 Å². The van der Waals surface area contributed by atoms with E-state index in [-0.39, 0.29) is 23.7 Å². The van der Waals surface area contributed by atoms with Gasteiger partial charge in [0.1, 0.15) is 11.6 Å². The standard InChI is InChI=1S/C19H18F2N2O6S/c20-13-1-6-16(17(21)11-13)19(25)29-12-18(24)22-14-2-4-15(5-3-14)30(26,27)23-7-9-28-10-8-23/h1-6,11H,7-10,12H2,(H,22,24). The lowest BCUT2D eigenvalue weighted by Crippen LogP contribution is -2.40. The smallest absolute Gasteiger partial charge is 0.341 e. The molecule has 0 unspecified atom stereocenters. The van der Waals surface area contributed by atoms with Crippen LogP contribution >= 0.6 is 0 Å². The Kier molecular flexibility index (Phi) is 6.75. The third-order valence-electron chi connectivity index (χ3n) is 4.23. The van der Waals surface area contributed by atoms with Crippen LogP contribution in [0.3, 0.4) is 0 Å². The second-order valence-corrected chi connectivity index (χ2v) is 8.23. The summed E-state index contributed by atoms with van der Waals surface area (Å²) in [4.78, 5) is 23.8. The molecule has 1 saturated heterocycles. The Morgan fingerprint density at radius 3 is 2.37 bits per heavy atom. The van der Waals surface area contributed by atoms with Crippen molar-refractivity contribution in [3.8, 4) is 0 Å². The summed E-state index contributed by atoms with van der Waals surface area (Å²) < 4.78 is 62.7. The number of rotatable bonds is 6. The summed E-state index contributed by atoms with van der Waals surface area (Å²) >= 11 is 0. The van der Waals surface area contributed by atoms with Gasteiger partial charge < -0.3 is 14.8 Å². The summed E-state index contributed by atoms with van der Waals surface area (Å²) in [6.07, 6.45) is 0. The number of benzene rings is 2. The Labute approximate surface area is 171 Å². The van der Waals surface area contributed by atoms with Crippen LogP contribution in [0.25, 0.3) is 0 Å². The van der Waals surface area contributed by atoms with Crippen LogP contribution in [0.4, 0.5) is 14.5 Å². The number of ether oxygens (including phenoxy) is 2. The number of nitrogens with zero attached hydrogens (tertiary/aromatic N) is 1. The average molecular weight is 440 g/mol. The van der Waals surface area contributed by atoms with Gasteiger partial charge in [-0.05, 0) is 36.4 Å². The van der Waals surface area contributed by atoms with Gasteiger partial charge in [0.15, 0.2) is 6.61 Å². The topological polar surface area (TPSA) is 102 Å². The predicted octanol–water partition coefficient (Wildman–Crippen LogP) is 1.78. The minimum atomic E-state index is -3.66. The van der Waals surface area contributed by atoms with Gasteiger partial charge in [0, 0.05) is 24.8 Å². The van der Waals surface area contributed by atoms with Crippen molar-refractivity contribution in [3.05, 3.63) is 59.7 Å². The van der Waals surface area contributed by atoms with Crippen molar-refractivity contribution in [2.24, 2.45) is 0 Å². The number of anilines is 1. The van der Waals surface area contributed by atoms with Crippen LogP contribution in [0.5, 0.6) is 0 Å². The SMILES string of the molecule is O=C(COC(=O)c1ccc(F)cc1F)Nc1ccc(S(=O)(=O)N2CCOCC2)cc1. The van der Waals surface area contributed by atoms with Gasteiger partial charge in [-0.1, -0.05) is 0 Å². The molecule has 0 spiro atoms. The van der Waals surface area contributed by atoms with Crippen LogP contribution in [0.2, 0.25) is 0 Å². The lowest BCUT2D eigenvalue weighted by molar-refractivity contribution is -0.119. The predicted molar refractivity (Wildman–Crippen MR) is 101 cm³/mol. The number of esters is 1. The third-order valence-corrected chi connectivity index (χ3v) is 6.14. The summed E-state index contributed by atoms with van der Waals surface area (Å²) in [5, 5.41) is 2.43. The number of hydrogen-bond acceptors (Lipinski definition) is 6. The number of amides is 1. The van der Waals surface area contributed by atoms with E-state index >= 15 is 0 Å². The molecule has 0 atom stereocenters. The first-order chi connectivity index (χ1) is 14.3. The summed E-state index contributed by atoms with van der Waals surface area (Å²) in [6.45, 7) is 0.479. The first-order valence-electron chi connectivity index (χ1n) is 8.87. The van der Waals surface area contributed by atoms with Crippen LogP contribution in [-0.4, -0.2) is 57.5 Å². The van der Waals surface area contributed by atoms with Crippen molar-refractivity contribution in [1.29, 1.82) is 0 Å². The fourth-order valence-electron chi connectivity index (χ4n) is 2.71. The van der Waals surface area contributed by atoms with Gasteiger partial charge in [0.05, 0.1) is 23.7 Å². The minimum absolute atomic E-state index is 0.0700. The number of halogens is 2. The number of carbonyl (C=O) groups excluding carboxylic acids is 2. The first kappa shape index (κ1) is 21.8. The highest BCUT2D eigenvalue weighted by Gasteiger charge is 2.26. The maximum atomic E-state index is 13.5. The van der Waals surface area contributed by atoms with E-state index in [1.54, 1.807) is 0 Å². The van der Waals surface area contributed by atoms with Gasteiger partial charge in [-0.25, -0.2) is 22.0 Å². The number of morpholine rings is 1. The highest BCUT2D eigenvalue weighted by atomic mass is 32.2. The molecule has 2 aromatic carbocycles. The number of sulfonamides is 1. The lowest BCUT2D eigenvalue weighted by Gasteiger charge is -2.26. The van der Waals surface area contributed by atoms with Gasteiger partial charge in [0.2, 0.25) is 10.0 Å². The highest BCUT2D eigenvalue weighted by Crippen LogP contribution is 2.19. The largest absolute Gasteiger partial charge is 0.452 e. The maximum absolute atomic E-state index is 13.5.